The fourth-order valence-corrected chi connectivity index (χ4v) is 8.89. The summed E-state index contributed by atoms with van der Waals surface area (Å²) in [5.41, 5.74) is 0.993. The Kier molecular flexibility index (Phi) is 6.78. The van der Waals surface area contributed by atoms with Crippen molar-refractivity contribution in [1.82, 2.24) is 13.6 Å². The Bertz CT molecular complexity index is 1320. The molecule has 3 aromatic rings. The first kappa shape index (κ1) is 23.9. The highest BCUT2D eigenvalue weighted by Gasteiger charge is 2.32. The fourth-order valence-electron chi connectivity index (χ4n) is 4.77. The lowest BCUT2D eigenvalue weighted by Gasteiger charge is -2.30. The van der Waals surface area contributed by atoms with Gasteiger partial charge in [0, 0.05) is 32.1 Å². The van der Waals surface area contributed by atoms with Crippen molar-refractivity contribution in [3.63, 3.8) is 0 Å². The Labute approximate surface area is 205 Å². The van der Waals surface area contributed by atoms with Crippen molar-refractivity contribution in [3.8, 4) is 0 Å². The van der Waals surface area contributed by atoms with Gasteiger partial charge in [-0.3, -0.25) is 0 Å². The number of piperidine rings is 1. The number of nitrogens with zero attached hydrogens (tertiary/aromatic N) is 3. The predicted molar refractivity (Wildman–Crippen MR) is 134 cm³/mol. The van der Waals surface area contributed by atoms with Crippen molar-refractivity contribution >= 4 is 41.6 Å². The zero-order chi connectivity index (χ0) is 23.8. The molecule has 0 unspecified atom stereocenters. The molecule has 0 spiro atoms. The average molecular weight is 520 g/mol. The number of benzene rings is 2. The third-order valence-electron chi connectivity index (χ3n) is 6.78. The molecular formula is C24H29N3O4S3. The molecule has 7 nitrogen and oxygen atoms in total. The number of hydrogen-bond donors (Lipinski definition) is 0. The summed E-state index contributed by atoms with van der Waals surface area (Å²) in [7, 11) is -7.28. The molecule has 0 radical (unpaired) electrons. The molecule has 10 heteroatoms. The molecule has 2 aliphatic rings. The molecule has 2 saturated heterocycles. The van der Waals surface area contributed by atoms with Gasteiger partial charge in [-0.1, -0.05) is 25.0 Å². The first-order chi connectivity index (χ1) is 16.4. The molecule has 2 aromatic carbocycles. The van der Waals surface area contributed by atoms with Crippen molar-refractivity contribution in [1.29, 1.82) is 0 Å². The smallest absolute Gasteiger partial charge is 0.241 e. The third kappa shape index (κ3) is 4.66. The SMILES string of the molecule is O=S(=O)(c1ccc(S(=O)(=O)N2CCC(c3nc4ccccc4s3)CC2)cc1)N1CCCCCC1. The van der Waals surface area contributed by atoms with Crippen LogP contribution in [-0.2, 0) is 20.0 Å². The number of hydrogen-bond acceptors (Lipinski definition) is 6. The predicted octanol–water partition coefficient (Wildman–Crippen LogP) is 4.43. The molecule has 0 aliphatic carbocycles. The van der Waals surface area contributed by atoms with Crippen LogP contribution in [0.3, 0.4) is 0 Å². The summed E-state index contributed by atoms with van der Waals surface area (Å²) in [4.78, 5) is 5.04. The van der Waals surface area contributed by atoms with Gasteiger partial charge in [0.1, 0.15) is 0 Å². The van der Waals surface area contributed by atoms with Crippen LogP contribution in [-0.4, -0.2) is 56.6 Å². The Morgan fingerprint density at radius 3 is 1.79 bits per heavy atom. The van der Waals surface area contributed by atoms with Gasteiger partial charge in [-0.15, -0.1) is 11.3 Å². The van der Waals surface area contributed by atoms with Gasteiger partial charge in [0.05, 0.1) is 25.0 Å². The zero-order valence-electron chi connectivity index (χ0n) is 19.0. The summed E-state index contributed by atoms with van der Waals surface area (Å²) in [6.07, 6.45) is 5.25. The van der Waals surface area contributed by atoms with Crippen LogP contribution >= 0.6 is 11.3 Å². The number of aromatic nitrogens is 1. The Hall–Kier alpha value is -1.85. The lowest BCUT2D eigenvalue weighted by Crippen LogP contribution is -2.38. The number of rotatable bonds is 5. The van der Waals surface area contributed by atoms with E-state index >= 15 is 0 Å². The molecule has 0 N–H and O–H groups in total. The van der Waals surface area contributed by atoms with Crippen LogP contribution in [0, 0.1) is 0 Å². The first-order valence-electron chi connectivity index (χ1n) is 11.8. The van der Waals surface area contributed by atoms with Gasteiger partial charge in [-0.25, -0.2) is 21.8 Å². The van der Waals surface area contributed by atoms with E-state index < -0.39 is 20.0 Å². The maximum absolute atomic E-state index is 13.2. The van der Waals surface area contributed by atoms with Gasteiger partial charge in [-0.05, 0) is 62.1 Å². The van der Waals surface area contributed by atoms with Gasteiger partial charge < -0.3 is 0 Å². The van der Waals surface area contributed by atoms with Gasteiger partial charge in [0.25, 0.3) is 0 Å². The molecule has 0 bridgehead atoms. The normalized spacial score (nSPS) is 19.9. The Morgan fingerprint density at radius 2 is 1.24 bits per heavy atom. The van der Waals surface area contributed by atoms with E-state index in [1.165, 1.54) is 32.9 Å². The van der Waals surface area contributed by atoms with Crippen LogP contribution in [0.4, 0.5) is 0 Å². The molecule has 0 amide bonds. The minimum absolute atomic E-state index is 0.140. The molecule has 5 rings (SSSR count). The van der Waals surface area contributed by atoms with E-state index in [1.54, 1.807) is 11.3 Å². The highest BCUT2D eigenvalue weighted by Crippen LogP contribution is 2.35. The van der Waals surface area contributed by atoms with E-state index in [0.29, 0.717) is 26.2 Å². The standard InChI is InChI=1S/C24H29N3O4S3/c28-33(29,26-15-5-1-2-6-16-26)20-9-11-21(12-10-20)34(30,31)27-17-13-19(14-18-27)24-25-22-7-3-4-8-23(22)32-24/h3-4,7-12,19H,1-2,5-6,13-18H2. The third-order valence-corrected chi connectivity index (χ3v) is 11.8. The molecule has 3 heterocycles. The fraction of sp³-hybridized carbons (Fsp3) is 0.458. The van der Waals surface area contributed by atoms with E-state index in [9.17, 15) is 16.8 Å². The van der Waals surface area contributed by atoms with Gasteiger partial charge in [-0.2, -0.15) is 8.61 Å². The first-order valence-corrected chi connectivity index (χ1v) is 15.5. The molecule has 0 saturated carbocycles. The molecule has 182 valence electrons. The van der Waals surface area contributed by atoms with Crippen LogP contribution < -0.4 is 0 Å². The van der Waals surface area contributed by atoms with Gasteiger partial charge in [0.15, 0.2) is 0 Å². The lowest BCUT2D eigenvalue weighted by molar-refractivity contribution is 0.319. The van der Waals surface area contributed by atoms with Gasteiger partial charge in [0.2, 0.25) is 20.0 Å². The molecule has 1 aromatic heterocycles. The van der Waals surface area contributed by atoms with E-state index in [-0.39, 0.29) is 15.7 Å². The summed E-state index contributed by atoms with van der Waals surface area (Å²) in [6.45, 7) is 1.89. The number of sulfonamides is 2. The maximum Gasteiger partial charge on any atom is 0.243 e. The van der Waals surface area contributed by atoms with E-state index in [1.807, 2.05) is 18.2 Å². The van der Waals surface area contributed by atoms with Crippen LogP contribution in [0.15, 0.2) is 58.3 Å². The second-order valence-electron chi connectivity index (χ2n) is 8.99. The summed E-state index contributed by atoms with van der Waals surface area (Å²) in [5, 5.41) is 1.07. The molecular weight excluding hydrogens is 490 g/mol. The second kappa shape index (κ2) is 9.66. The van der Waals surface area contributed by atoms with E-state index in [0.717, 1.165) is 53.7 Å². The highest BCUT2D eigenvalue weighted by atomic mass is 32.2. The largest absolute Gasteiger partial charge is 0.243 e. The average Bonchev–Trinajstić information content (AvgIpc) is 3.09. The second-order valence-corrected chi connectivity index (χ2v) is 13.9. The zero-order valence-corrected chi connectivity index (χ0v) is 21.4. The molecule has 2 fully saturated rings. The van der Waals surface area contributed by atoms with Crippen LogP contribution in [0.2, 0.25) is 0 Å². The maximum atomic E-state index is 13.2. The van der Waals surface area contributed by atoms with Crippen molar-refractivity contribution in [3.05, 3.63) is 53.5 Å². The topological polar surface area (TPSA) is 87.6 Å². The van der Waals surface area contributed by atoms with Crippen LogP contribution in [0.25, 0.3) is 10.2 Å². The number of fused-ring (bicyclic) bond motifs is 1. The highest BCUT2D eigenvalue weighted by molar-refractivity contribution is 7.89. The van der Waals surface area contributed by atoms with Crippen molar-refractivity contribution < 1.29 is 16.8 Å². The molecule has 34 heavy (non-hydrogen) atoms. The van der Waals surface area contributed by atoms with Crippen molar-refractivity contribution in [2.75, 3.05) is 26.2 Å². The number of para-hydroxylation sites is 1. The van der Waals surface area contributed by atoms with E-state index in [2.05, 4.69) is 6.07 Å². The summed E-state index contributed by atoms with van der Waals surface area (Å²) in [5.74, 6) is 0.255. The lowest BCUT2D eigenvalue weighted by atomic mass is 9.99. The Balaban J connectivity index is 1.27. The van der Waals surface area contributed by atoms with E-state index in [4.69, 9.17) is 4.98 Å². The molecule has 0 atom stereocenters. The van der Waals surface area contributed by atoms with Crippen molar-refractivity contribution in [2.45, 2.75) is 54.2 Å². The van der Waals surface area contributed by atoms with Crippen molar-refractivity contribution in [2.24, 2.45) is 0 Å². The number of thiazole rings is 1. The summed E-state index contributed by atoms with van der Waals surface area (Å²) < 4.78 is 56.7. The minimum atomic E-state index is -3.68. The van der Waals surface area contributed by atoms with Crippen LogP contribution in [0.5, 0.6) is 0 Å². The Morgan fingerprint density at radius 1 is 0.706 bits per heavy atom. The minimum Gasteiger partial charge on any atom is -0.241 e. The monoisotopic (exact) mass is 519 g/mol. The summed E-state index contributed by atoms with van der Waals surface area (Å²) >= 11 is 1.69. The quantitative estimate of drug-likeness (QED) is 0.498. The summed E-state index contributed by atoms with van der Waals surface area (Å²) in [6, 6.07) is 13.8. The molecule has 2 aliphatic heterocycles. The van der Waals surface area contributed by atoms with Gasteiger partial charge >= 0.3 is 0 Å². The van der Waals surface area contributed by atoms with Crippen LogP contribution in [0.1, 0.15) is 49.5 Å².